The third-order valence-electron chi connectivity index (χ3n) is 1.84. The zero-order valence-electron chi connectivity index (χ0n) is 9.19. The number of hydrogen-bond donors (Lipinski definition) is 1. The van der Waals surface area contributed by atoms with Gasteiger partial charge in [0.05, 0.1) is 0 Å². The Balaban J connectivity index is 3.45. The molecule has 2 nitrogen and oxygen atoms in total. The van der Waals surface area contributed by atoms with Crippen molar-refractivity contribution in [3.63, 3.8) is 0 Å². The lowest BCUT2D eigenvalue weighted by Crippen LogP contribution is -2.12. The van der Waals surface area contributed by atoms with Gasteiger partial charge in [-0.1, -0.05) is 50.2 Å². The van der Waals surface area contributed by atoms with E-state index < -0.39 is 11.2 Å². The minimum atomic E-state index is -0.797. The van der Waals surface area contributed by atoms with Gasteiger partial charge in [0, 0.05) is 0 Å². The molecule has 0 fully saturated rings. The molecule has 15 heavy (non-hydrogen) atoms. The summed E-state index contributed by atoms with van der Waals surface area (Å²) in [4.78, 5) is 10.6. The third kappa shape index (κ3) is 9.20. The fourth-order valence-corrected chi connectivity index (χ4v) is 3.46. The highest BCUT2D eigenvalue weighted by Gasteiger charge is 2.13. The number of carboxylic acids is 1. The minimum absolute atomic E-state index is 0.430. The molecular formula is C10H18O2S3. The van der Waals surface area contributed by atoms with Crippen LogP contribution in [0.4, 0.5) is 0 Å². The Bertz CT molecular complexity index is 207. The molecule has 0 spiro atoms. The summed E-state index contributed by atoms with van der Waals surface area (Å²) in [5.74, 6) is 0.215. The van der Waals surface area contributed by atoms with Gasteiger partial charge in [0.2, 0.25) is 0 Å². The fourth-order valence-electron chi connectivity index (χ4n) is 0.913. The number of carbonyl (C=O) groups is 1. The maximum Gasteiger partial charge on any atom is 0.316 e. The van der Waals surface area contributed by atoms with Crippen LogP contribution in [0.1, 0.15) is 39.5 Å². The molecule has 88 valence electrons. The van der Waals surface area contributed by atoms with Crippen LogP contribution in [0.2, 0.25) is 0 Å². The first-order valence-electron chi connectivity index (χ1n) is 5.14. The van der Waals surface area contributed by atoms with E-state index in [4.69, 9.17) is 17.3 Å². The predicted molar refractivity (Wildman–Crippen MR) is 73.9 cm³/mol. The van der Waals surface area contributed by atoms with Gasteiger partial charge in [-0.25, -0.2) is 0 Å². The first kappa shape index (κ1) is 15.3. The Morgan fingerprint density at radius 1 is 1.40 bits per heavy atom. The Labute approximate surface area is 106 Å². The van der Waals surface area contributed by atoms with Crippen molar-refractivity contribution in [3.05, 3.63) is 0 Å². The van der Waals surface area contributed by atoms with Crippen LogP contribution >= 0.6 is 35.7 Å². The van der Waals surface area contributed by atoms with Crippen LogP contribution in [0, 0.1) is 0 Å². The molecular weight excluding hydrogens is 248 g/mol. The molecule has 1 atom stereocenters. The number of rotatable bonds is 7. The summed E-state index contributed by atoms with van der Waals surface area (Å²) in [5, 5.41) is 8.25. The van der Waals surface area contributed by atoms with E-state index >= 15 is 0 Å². The van der Waals surface area contributed by atoms with Gasteiger partial charge in [-0.05, 0) is 19.1 Å². The largest absolute Gasteiger partial charge is 0.480 e. The molecule has 0 bridgehead atoms. The molecule has 0 aromatic rings. The second-order valence-electron chi connectivity index (χ2n) is 3.26. The molecule has 0 rings (SSSR count). The van der Waals surface area contributed by atoms with Crippen molar-refractivity contribution >= 4 is 45.2 Å². The molecule has 0 aromatic heterocycles. The van der Waals surface area contributed by atoms with Crippen molar-refractivity contribution in [2.75, 3.05) is 5.75 Å². The number of hydrogen-bond acceptors (Lipinski definition) is 4. The van der Waals surface area contributed by atoms with E-state index in [0.717, 1.165) is 9.28 Å². The van der Waals surface area contributed by atoms with Crippen LogP contribution < -0.4 is 0 Å². The normalized spacial score (nSPS) is 12.4. The van der Waals surface area contributed by atoms with Gasteiger partial charge >= 0.3 is 5.97 Å². The number of aliphatic carboxylic acids is 1. The number of thiocarbonyl (C=S) groups is 1. The van der Waals surface area contributed by atoms with Crippen molar-refractivity contribution in [2.45, 2.75) is 44.8 Å². The van der Waals surface area contributed by atoms with Crippen LogP contribution in [0.25, 0.3) is 0 Å². The maximum atomic E-state index is 10.6. The fraction of sp³-hybridized carbons (Fsp3) is 0.800. The SMILES string of the molecule is CCCCCCSC(=S)SC(C)C(=O)O. The van der Waals surface area contributed by atoms with Crippen LogP contribution in [0.15, 0.2) is 0 Å². The average Bonchev–Trinajstić information content (AvgIpc) is 2.17. The summed E-state index contributed by atoms with van der Waals surface area (Å²) in [6.45, 7) is 3.85. The molecule has 0 saturated carbocycles. The van der Waals surface area contributed by atoms with E-state index in [1.54, 1.807) is 18.7 Å². The first-order valence-corrected chi connectivity index (χ1v) is 7.41. The Morgan fingerprint density at radius 2 is 2.07 bits per heavy atom. The van der Waals surface area contributed by atoms with Crippen LogP contribution in [0.5, 0.6) is 0 Å². The summed E-state index contributed by atoms with van der Waals surface area (Å²) >= 11 is 7.96. The van der Waals surface area contributed by atoms with Gasteiger partial charge in [0.1, 0.15) is 8.78 Å². The zero-order chi connectivity index (χ0) is 11.7. The second-order valence-corrected chi connectivity index (χ2v) is 6.90. The van der Waals surface area contributed by atoms with Gasteiger partial charge < -0.3 is 5.11 Å². The molecule has 0 aliphatic carbocycles. The Hall–Kier alpha value is 0.260. The summed E-state index contributed by atoms with van der Waals surface area (Å²) in [7, 11) is 0. The average molecular weight is 266 g/mol. The molecule has 0 radical (unpaired) electrons. The summed E-state index contributed by atoms with van der Waals surface area (Å²) in [5.41, 5.74) is 0. The Kier molecular flexibility index (Phi) is 9.65. The molecule has 0 saturated heterocycles. The Morgan fingerprint density at radius 3 is 2.60 bits per heavy atom. The third-order valence-corrected chi connectivity index (χ3v) is 4.60. The van der Waals surface area contributed by atoms with Crippen molar-refractivity contribution in [3.8, 4) is 0 Å². The molecule has 1 N–H and O–H groups in total. The van der Waals surface area contributed by atoms with Crippen LogP contribution in [-0.4, -0.2) is 25.6 Å². The minimum Gasteiger partial charge on any atom is -0.480 e. The lowest BCUT2D eigenvalue weighted by atomic mass is 10.2. The van der Waals surface area contributed by atoms with Crippen LogP contribution in [-0.2, 0) is 4.79 Å². The molecule has 0 aliphatic heterocycles. The van der Waals surface area contributed by atoms with Crippen molar-refractivity contribution < 1.29 is 9.90 Å². The van der Waals surface area contributed by atoms with E-state index in [9.17, 15) is 4.79 Å². The molecule has 0 aromatic carbocycles. The topological polar surface area (TPSA) is 37.3 Å². The highest BCUT2D eigenvalue weighted by atomic mass is 32.2. The lowest BCUT2D eigenvalue weighted by Gasteiger charge is -2.06. The van der Waals surface area contributed by atoms with E-state index in [-0.39, 0.29) is 0 Å². The van der Waals surface area contributed by atoms with Crippen LogP contribution in [0.3, 0.4) is 0 Å². The quantitative estimate of drug-likeness (QED) is 0.560. The predicted octanol–water partition coefficient (Wildman–Crippen LogP) is 3.79. The highest BCUT2D eigenvalue weighted by Crippen LogP contribution is 2.23. The van der Waals surface area contributed by atoms with E-state index in [2.05, 4.69) is 6.92 Å². The maximum absolute atomic E-state index is 10.6. The van der Waals surface area contributed by atoms with Crippen molar-refractivity contribution in [1.29, 1.82) is 0 Å². The van der Waals surface area contributed by atoms with Crippen molar-refractivity contribution in [1.82, 2.24) is 0 Å². The summed E-state index contributed by atoms with van der Waals surface area (Å²) < 4.78 is 0.751. The standard InChI is InChI=1S/C10H18O2S3/c1-3-4-5-6-7-14-10(13)15-8(2)9(11)12/h8H,3-7H2,1-2H3,(H,11,12). The highest BCUT2D eigenvalue weighted by molar-refractivity contribution is 8.47. The lowest BCUT2D eigenvalue weighted by molar-refractivity contribution is -0.136. The van der Waals surface area contributed by atoms with Gasteiger partial charge in [0.25, 0.3) is 0 Å². The molecule has 0 amide bonds. The molecule has 1 unspecified atom stereocenters. The van der Waals surface area contributed by atoms with E-state index in [1.165, 1.54) is 37.4 Å². The van der Waals surface area contributed by atoms with E-state index in [0.29, 0.717) is 0 Å². The summed E-state index contributed by atoms with van der Waals surface area (Å²) in [6, 6.07) is 0. The van der Waals surface area contributed by atoms with Gasteiger partial charge in [-0.15, -0.1) is 11.8 Å². The van der Waals surface area contributed by atoms with Crippen molar-refractivity contribution in [2.24, 2.45) is 0 Å². The van der Waals surface area contributed by atoms with Gasteiger partial charge in [-0.2, -0.15) is 0 Å². The summed E-state index contributed by atoms with van der Waals surface area (Å²) in [6.07, 6.45) is 4.91. The molecule has 5 heteroatoms. The van der Waals surface area contributed by atoms with Gasteiger partial charge in [-0.3, -0.25) is 4.79 Å². The van der Waals surface area contributed by atoms with Gasteiger partial charge in [0.15, 0.2) is 0 Å². The number of carboxylic acid groups (broad SMARTS) is 1. The smallest absolute Gasteiger partial charge is 0.316 e. The zero-order valence-corrected chi connectivity index (χ0v) is 11.6. The van der Waals surface area contributed by atoms with E-state index in [1.807, 2.05) is 0 Å². The first-order chi connectivity index (χ1) is 7.07. The molecule has 0 heterocycles. The number of unbranched alkanes of at least 4 members (excludes halogenated alkanes) is 3. The molecule has 0 aliphatic rings. The second kappa shape index (κ2) is 9.48. The monoisotopic (exact) mass is 266 g/mol. The number of thioether (sulfide) groups is 2.